The highest BCUT2D eigenvalue weighted by molar-refractivity contribution is 5.87. The lowest BCUT2D eigenvalue weighted by molar-refractivity contribution is -0.138. The predicted molar refractivity (Wildman–Crippen MR) is 130 cm³/mol. The lowest BCUT2D eigenvalue weighted by Crippen LogP contribution is -2.24. The van der Waals surface area contributed by atoms with Gasteiger partial charge < -0.3 is 10.3 Å². The lowest BCUT2D eigenvalue weighted by Gasteiger charge is -2.11. The van der Waals surface area contributed by atoms with Gasteiger partial charge in [0.2, 0.25) is 0 Å². The molecule has 0 aliphatic carbocycles. The second kappa shape index (κ2) is 11.8. The van der Waals surface area contributed by atoms with Gasteiger partial charge in [0.15, 0.2) is 11.6 Å². The van der Waals surface area contributed by atoms with Gasteiger partial charge in [0, 0.05) is 24.5 Å². The molecule has 0 atom stereocenters. The molecule has 0 amide bonds. The van der Waals surface area contributed by atoms with Crippen LogP contribution in [0.1, 0.15) is 37.3 Å². The van der Waals surface area contributed by atoms with E-state index in [1.165, 1.54) is 22.9 Å². The number of unbranched alkanes of at least 4 members (excludes halogenated alkanes) is 2. The number of fused-ring (bicyclic) bond motifs is 1. The summed E-state index contributed by atoms with van der Waals surface area (Å²) in [6.45, 7) is 2.40. The van der Waals surface area contributed by atoms with Crippen molar-refractivity contribution < 1.29 is 35.1 Å². The minimum absolute atomic E-state index is 0.154. The minimum Gasteiger partial charge on any atom is -0.397 e. The van der Waals surface area contributed by atoms with E-state index < -0.39 is 51.9 Å². The Kier molecular flexibility index (Phi) is 8.95. The second-order valence-corrected chi connectivity index (χ2v) is 8.49. The molecule has 0 fully saturated rings. The van der Waals surface area contributed by atoms with Crippen LogP contribution in [0.5, 0.6) is 0 Å². The maximum atomic E-state index is 14.6. The van der Waals surface area contributed by atoms with Crippen molar-refractivity contribution in [2.45, 2.75) is 45.1 Å². The topological polar surface area (TPSA) is 107 Å². The zero-order valence-corrected chi connectivity index (χ0v) is 20.6. The number of anilines is 1. The molecule has 3 heterocycles. The number of nitrogens with one attached hydrogen (secondary N) is 1. The monoisotopic (exact) mass is 575 g/mol. The molecule has 15 heteroatoms. The Morgan fingerprint density at radius 3 is 2.17 bits per heavy atom. The molecule has 3 N–H and O–H groups in total. The third-order valence-corrected chi connectivity index (χ3v) is 5.68. The van der Waals surface area contributed by atoms with Gasteiger partial charge in [-0.2, -0.15) is 31.4 Å². The molecular weight excluding hydrogens is 554 g/mol. The summed E-state index contributed by atoms with van der Waals surface area (Å²) in [7, 11) is 0. The van der Waals surface area contributed by atoms with Gasteiger partial charge in [0.05, 0.1) is 28.5 Å². The van der Waals surface area contributed by atoms with Gasteiger partial charge in [-0.3, -0.25) is 14.6 Å². The van der Waals surface area contributed by atoms with Crippen molar-refractivity contribution in [2.24, 2.45) is 0 Å². The summed E-state index contributed by atoms with van der Waals surface area (Å²) in [6, 6.07) is 4.42. The van der Waals surface area contributed by atoms with E-state index in [4.69, 9.17) is 5.73 Å². The number of halogens is 8. The van der Waals surface area contributed by atoms with Crippen LogP contribution in [0, 0.1) is 11.6 Å². The molecule has 0 aliphatic rings. The van der Waals surface area contributed by atoms with Crippen molar-refractivity contribution in [3.05, 3.63) is 86.3 Å². The van der Waals surface area contributed by atoms with E-state index in [0.29, 0.717) is 12.7 Å². The van der Waals surface area contributed by atoms with E-state index in [1.54, 1.807) is 5.10 Å². The third-order valence-electron chi connectivity index (χ3n) is 5.68. The molecule has 0 radical (unpaired) electrons. The number of H-pyrrole nitrogens is 1. The summed E-state index contributed by atoms with van der Waals surface area (Å²) in [5.41, 5.74) is -0.598. The normalized spacial score (nSPS) is 11.8. The highest BCUT2D eigenvalue weighted by Crippen LogP contribution is 2.32. The zero-order chi connectivity index (χ0) is 29.8. The van der Waals surface area contributed by atoms with E-state index in [0.717, 1.165) is 37.6 Å². The first-order chi connectivity index (χ1) is 18.7. The van der Waals surface area contributed by atoms with Gasteiger partial charge in [0.25, 0.3) is 11.1 Å². The lowest BCUT2D eigenvalue weighted by atomic mass is 10.0. The second-order valence-electron chi connectivity index (χ2n) is 8.49. The summed E-state index contributed by atoms with van der Waals surface area (Å²) in [6.07, 6.45) is -3.93. The summed E-state index contributed by atoms with van der Waals surface area (Å²) in [5.74, 6) is -2.65. The molecule has 1 aromatic carbocycles. The fourth-order valence-corrected chi connectivity index (χ4v) is 3.70. The van der Waals surface area contributed by atoms with Crippen molar-refractivity contribution in [1.29, 1.82) is 0 Å². The van der Waals surface area contributed by atoms with Gasteiger partial charge in [-0.05, 0) is 36.1 Å². The van der Waals surface area contributed by atoms with Crippen LogP contribution in [0.25, 0.3) is 22.0 Å². The smallest absolute Gasteiger partial charge is 0.397 e. The Labute approximate surface area is 220 Å². The Balaban J connectivity index is 0.000000307. The number of nitrogens with two attached hydrogens (primary N) is 1. The van der Waals surface area contributed by atoms with Crippen molar-refractivity contribution >= 4 is 16.5 Å². The maximum absolute atomic E-state index is 14.6. The Morgan fingerprint density at radius 1 is 0.950 bits per heavy atom. The van der Waals surface area contributed by atoms with Crippen LogP contribution in [-0.4, -0.2) is 19.7 Å². The standard InChI is InChI=1S/C20H17F5N2O.C5H4F3N3O/c1-2-3-4-8-27-9-7-12-10-14(17(21)18(22)16(12)19(27)28)15-6-5-13(11-26-15)20(23,24)25;6-5(7,8)3-2(9)1-10-11-4(3)12/h5-7,9-11H,2-4,8H2,1H3;1H,(H3,9,11,12). The molecule has 7 nitrogen and oxygen atoms in total. The van der Waals surface area contributed by atoms with Gasteiger partial charge in [0.1, 0.15) is 5.56 Å². The fraction of sp³-hybridized carbons (Fsp3) is 0.280. The van der Waals surface area contributed by atoms with Crippen molar-refractivity contribution in [2.75, 3.05) is 5.73 Å². The van der Waals surface area contributed by atoms with E-state index in [1.807, 2.05) is 6.92 Å². The highest BCUT2D eigenvalue weighted by Gasteiger charge is 2.36. The molecule has 4 aromatic rings. The van der Waals surface area contributed by atoms with Crippen LogP contribution in [0.2, 0.25) is 0 Å². The van der Waals surface area contributed by atoms with Gasteiger partial charge in [-0.1, -0.05) is 19.8 Å². The fourth-order valence-electron chi connectivity index (χ4n) is 3.70. The first kappa shape index (κ1) is 30.2. The van der Waals surface area contributed by atoms with Crippen LogP contribution in [0.4, 0.5) is 40.8 Å². The van der Waals surface area contributed by atoms with Crippen LogP contribution >= 0.6 is 0 Å². The molecule has 0 saturated carbocycles. The third kappa shape index (κ3) is 6.63. The number of pyridine rings is 2. The molecule has 214 valence electrons. The Hall–Kier alpha value is -4.30. The predicted octanol–water partition coefficient (Wildman–Crippen LogP) is 5.92. The van der Waals surface area contributed by atoms with E-state index in [2.05, 4.69) is 10.1 Å². The first-order valence-electron chi connectivity index (χ1n) is 11.6. The van der Waals surface area contributed by atoms with Gasteiger partial charge in [-0.25, -0.2) is 13.9 Å². The van der Waals surface area contributed by atoms with Crippen LogP contribution in [0.3, 0.4) is 0 Å². The van der Waals surface area contributed by atoms with Gasteiger partial charge in [-0.15, -0.1) is 0 Å². The number of aromatic amines is 1. The molecule has 40 heavy (non-hydrogen) atoms. The molecule has 4 rings (SSSR count). The first-order valence-corrected chi connectivity index (χ1v) is 11.6. The van der Waals surface area contributed by atoms with Crippen LogP contribution in [0.15, 0.2) is 52.4 Å². The van der Waals surface area contributed by atoms with E-state index in [-0.39, 0.29) is 22.0 Å². The largest absolute Gasteiger partial charge is 0.423 e. The van der Waals surface area contributed by atoms with E-state index in [9.17, 15) is 44.7 Å². The molecule has 0 bridgehead atoms. The average molecular weight is 575 g/mol. The number of benzene rings is 1. The Morgan fingerprint density at radius 2 is 1.65 bits per heavy atom. The summed E-state index contributed by atoms with van der Waals surface area (Å²) in [4.78, 5) is 26.7. The number of nitrogen functional groups attached to an aromatic ring is 1. The molecule has 0 saturated heterocycles. The molecular formula is C25H21F8N5O2. The maximum Gasteiger partial charge on any atom is 0.423 e. The van der Waals surface area contributed by atoms with Gasteiger partial charge >= 0.3 is 12.4 Å². The number of nitrogens with zero attached hydrogens (tertiary/aromatic N) is 3. The highest BCUT2D eigenvalue weighted by atomic mass is 19.4. The number of rotatable bonds is 5. The minimum atomic E-state index is -4.74. The van der Waals surface area contributed by atoms with Crippen LogP contribution < -0.4 is 16.9 Å². The number of hydrogen-bond donors (Lipinski definition) is 2. The quantitative estimate of drug-likeness (QED) is 0.227. The summed E-state index contributed by atoms with van der Waals surface area (Å²) < 4.78 is 104. The number of alkyl halides is 6. The molecule has 3 aromatic heterocycles. The number of aryl methyl sites for hydroxylation is 1. The number of aromatic nitrogens is 4. The van der Waals surface area contributed by atoms with Crippen molar-refractivity contribution in [3.63, 3.8) is 0 Å². The summed E-state index contributed by atoms with van der Waals surface area (Å²) in [5, 5.41) is 4.51. The van der Waals surface area contributed by atoms with Crippen molar-refractivity contribution in [1.82, 2.24) is 19.7 Å². The number of hydrogen-bond acceptors (Lipinski definition) is 5. The summed E-state index contributed by atoms with van der Waals surface area (Å²) >= 11 is 0. The average Bonchev–Trinajstić information content (AvgIpc) is 2.86. The Bertz CT molecular complexity index is 1610. The van der Waals surface area contributed by atoms with E-state index >= 15 is 0 Å². The van der Waals surface area contributed by atoms with Crippen LogP contribution in [-0.2, 0) is 18.9 Å². The van der Waals surface area contributed by atoms with Crippen molar-refractivity contribution in [3.8, 4) is 11.3 Å². The molecule has 0 aliphatic heterocycles. The molecule has 0 unspecified atom stereocenters. The molecule has 0 spiro atoms. The zero-order valence-electron chi connectivity index (χ0n) is 20.6. The SMILES string of the molecule is CCCCCn1ccc2cc(-c3ccc(C(F)(F)F)cn3)c(F)c(F)c2c1=O.Nc1cn[nH]c(=O)c1C(F)(F)F.